The third-order valence-corrected chi connectivity index (χ3v) is 4.68. The van der Waals surface area contributed by atoms with Crippen LogP contribution in [0.2, 0.25) is 0 Å². The minimum absolute atomic E-state index is 0.113. The van der Waals surface area contributed by atoms with Crippen molar-refractivity contribution in [2.24, 2.45) is 0 Å². The molecule has 0 saturated carbocycles. The highest BCUT2D eigenvalue weighted by molar-refractivity contribution is 5.52. The Morgan fingerprint density at radius 1 is 0.800 bits per heavy atom. The molecule has 1 aromatic carbocycles. The average molecular weight is 271 g/mol. The third kappa shape index (κ3) is 2.29. The summed E-state index contributed by atoms with van der Waals surface area (Å²) in [7, 11) is 1.99. The minimum atomic E-state index is 0.113. The van der Waals surface area contributed by atoms with Gasteiger partial charge in [0, 0.05) is 0 Å². The monoisotopic (exact) mass is 271 g/mol. The van der Waals surface area contributed by atoms with Crippen LogP contribution in [0.1, 0.15) is 50.9 Å². The molecule has 2 aromatic rings. The topological polar surface area (TPSA) is 25.2 Å². The van der Waals surface area contributed by atoms with E-state index in [1.165, 1.54) is 33.4 Å². The van der Waals surface area contributed by atoms with Gasteiger partial charge in [-0.2, -0.15) is 0 Å². The van der Waals surface area contributed by atoms with E-state index in [0.717, 1.165) is 11.5 Å². The zero-order valence-electron chi connectivity index (χ0n) is 13.6. The van der Waals surface area contributed by atoms with Crippen molar-refractivity contribution in [2.75, 3.05) is 7.05 Å². The number of aryl methyl sites for hydroxylation is 1. The molecule has 0 aliphatic heterocycles. The van der Waals surface area contributed by atoms with Gasteiger partial charge in [-0.3, -0.25) is 0 Å². The Morgan fingerprint density at radius 2 is 1.30 bits per heavy atom. The maximum Gasteiger partial charge on any atom is 0.125 e. The molecule has 1 heterocycles. The van der Waals surface area contributed by atoms with Gasteiger partial charge in [0.1, 0.15) is 11.5 Å². The van der Waals surface area contributed by atoms with Crippen LogP contribution in [0.15, 0.2) is 16.5 Å². The lowest BCUT2D eigenvalue weighted by molar-refractivity contribution is 0.442. The Morgan fingerprint density at radius 3 is 1.70 bits per heavy atom. The molecule has 1 unspecified atom stereocenters. The average Bonchev–Trinajstić information content (AvgIpc) is 2.85. The standard InChI is InChI=1S/C18H25NO/c1-10-8-9-16(20-10)18(19-7)17-14(5)12(3)11(2)13(4)15(17)6/h8-9,18-19H,1-7H3. The van der Waals surface area contributed by atoms with Crippen LogP contribution in [0.4, 0.5) is 0 Å². The molecule has 0 saturated heterocycles. The fraction of sp³-hybridized carbons (Fsp3) is 0.444. The van der Waals surface area contributed by atoms with Gasteiger partial charge in [0.05, 0.1) is 6.04 Å². The SMILES string of the molecule is CNC(c1ccc(C)o1)c1c(C)c(C)c(C)c(C)c1C. The quantitative estimate of drug-likeness (QED) is 0.893. The second-order valence-corrected chi connectivity index (χ2v) is 5.71. The number of rotatable bonds is 3. The molecular weight excluding hydrogens is 246 g/mol. The highest BCUT2D eigenvalue weighted by atomic mass is 16.3. The van der Waals surface area contributed by atoms with Crippen molar-refractivity contribution >= 4 is 0 Å². The van der Waals surface area contributed by atoms with Crippen LogP contribution in [0, 0.1) is 41.5 Å². The van der Waals surface area contributed by atoms with E-state index < -0.39 is 0 Å². The van der Waals surface area contributed by atoms with Crippen LogP contribution < -0.4 is 5.32 Å². The first kappa shape index (κ1) is 14.9. The molecular formula is C18H25NO. The summed E-state index contributed by atoms with van der Waals surface area (Å²) in [5.74, 6) is 1.94. The van der Waals surface area contributed by atoms with Crippen molar-refractivity contribution in [3.05, 3.63) is 57.0 Å². The number of hydrogen-bond acceptors (Lipinski definition) is 2. The molecule has 0 spiro atoms. The Kier molecular flexibility index (Phi) is 4.05. The van der Waals surface area contributed by atoms with E-state index in [1.807, 2.05) is 20.0 Å². The summed E-state index contributed by atoms with van der Waals surface area (Å²) in [6, 6.07) is 4.21. The van der Waals surface area contributed by atoms with E-state index in [0.29, 0.717) is 0 Å². The smallest absolute Gasteiger partial charge is 0.125 e. The van der Waals surface area contributed by atoms with E-state index in [2.05, 4.69) is 46.0 Å². The second kappa shape index (κ2) is 5.45. The second-order valence-electron chi connectivity index (χ2n) is 5.71. The van der Waals surface area contributed by atoms with Crippen molar-refractivity contribution in [3.63, 3.8) is 0 Å². The molecule has 2 nitrogen and oxygen atoms in total. The van der Waals surface area contributed by atoms with E-state index >= 15 is 0 Å². The Hall–Kier alpha value is -1.54. The van der Waals surface area contributed by atoms with E-state index in [1.54, 1.807) is 0 Å². The number of hydrogen-bond donors (Lipinski definition) is 1. The van der Waals surface area contributed by atoms with Gasteiger partial charge >= 0.3 is 0 Å². The molecule has 0 fully saturated rings. The molecule has 1 N–H and O–H groups in total. The molecule has 2 heteroatoms. The summed E-state index contributed by atoms with van der Waals surface area (Å²) in [6.45, 7) is 13.0. The van der Waals surface area contributed by atoms with Gasteiger partial charge in [-0.05, 0) is 94.1 Å². The lowest BCUT2D eigenvalue weighted by atomic mass is 9.85. The van der Waals surface area contributed by atoms with Gasteiger partial charge in [-0.1, -0.05) is 0 Å². The minimum Gasteiger partial charge on any atom is -0.464 e. The zero-order chi connectivity index (χ0) is 15.0. The van der Waals surface area contributed by atoms with Gasteiger partial charge in [-0.25, -0.2) is 0 Å². The lowest BCUT2D eigenvalue weighted by Crippen LogP contribution is -2.20. The number of furan rings is 1. The van der Waals surface area contributed by atoms with Crippen LogP contribution in [0.3, 0.4) is 0 Å². The van der Waals surface area contributed by atoms with Crippen molar-refractivity contribution < 1.29 is 4.42 Å². The van der Waals surface area contributed by atoms with Crippen LogP contribution in [0.25, 0.3) is 0 Å². The van der Waals surface area contributed by atoms with Crippen LogP contribution in [0.5, 0.6) is 0 Å². The normalized spacial score (nSPS) is 12.8. The van der Waals surface area contributed by atoms with Crippen LogP contribution in [-0.4, -0.2) is 7.05 Å². The fourth-order valence-corrected chi connectivity index (χ4v) is 3.00. The predicted molar refractivity (Wildman–Crippen MR) is 84.5 cm³/mol. The molecule has 0 aliphatic carbocycles. The molecule has 2 rings (SSSR count). The maximum absolute atomic E-state index is 5.85. The summed E-state index contributed by atoms with van der Waals surface area (Å²) in [4.78, 5) is 0. The van der Waals surface area contributed by atoms with E-state index in [4.69, 9.17) is 4.42 Å². The third-order valence-electron chi connectivity index (χ3n) is 4.68. The first-order chi connectivity index (χ1) is 9.38. The van der Waals surface area contributed by atoms with Gasteiger partial charge in [-0.15, -0.1) is 0 Å². The van der Waals surface area contributed by atoms with Crippen molar-refractivity contribution in [1.29, 1.82) is 0 Å². The number of benzene rings is 1. The molecule has 0 amide bonds. The Balaban J connectivity index is 2.67. The summed E-state index contributed by atoms with van der Waals surface area (Å²) >= 11 is 0. The summed E-state index contributed by atoms with van der Waals surface area (Å²) in [5, 5.41) is 3.41. The van der Waals surface area contributed by atoms with Gasteiger partial charge in [0.15, 0.2) is 0 Å². The van der Waals surface area contributed by atoms with Crippen LogP contribution in [-0.2, 0) is 0 Å². The predicted octanol–water partition coefficient (Wildman–Crippen LogP) is 4.44. The largest absolute Gasteiger partial charge is 0.464 e. The number of nitrogens with one attached hydrogen (secondary N) is 1. The summed E-state index contributed by atoms with van der Waals surface area (Å²) < 4.78 is 5.85. The highest BCUT2D eigenvalue weighted by Gasteiger charge is 2.22. The lowest BCUT2D eigenvalue weighted by Gasteiger charge is -2.24. The van der Waals surface area contributed by atoms with Crippen molar-refractivity contribution in [2.45, 2.75) is 47.6 Å². The summed E-state index contributed by atoms with van der Waals surface area (Å²) in [5.41, 5.74) is 8.23. The Bertz CT molecular complexity index is 608. The molecule has 0 bridgehead atoms. The van der Waals surface area contributed by atoms with Gasteiger partial charge in [0.2, 0.25) is 0 Å². The molecule has 1 aromatic heterocycles. The first-order valence-corrected chi connectivity index (χ1v) is 7.18. The zero-order valence-corrected chi connectivity index (χ0v) is 13.6. The molecule has 0 aliphatic rings. The van der Waals surface area contributed by atoms with Crippen molar-refractivity contribution in [1.82, 2.24) is 5.32 Å². The summed E-state index contributed by atoms with van der Waals surface area (Å²) in [6.07, 6.45) is 0. The highest BCUT2D eigenvalue weighted by Crippen LogP contribution is 2.34. The maximum atomic E-state index is 5.85. The molecule has 20 heavy (non-hydrogen) atoms. The van der Waals surface area contributed by atoms with Gasteiger partial charge < -0.3 is 9.73 Å². The van der Waals surface area contributed by atoms with Crippen molar-refractivity contribution in [3.8, 4) is 0 Å². The first-order valence-electron chi connectivity index (χ1n) is 7.18. The molecule has 108 valence electrons. The fourth-order valence-electron chi connectivity index (χ4n) is 3.00. The molecule has 0 radical (unpaired) electrons. The van der Waals surface area contributed by atoms with E-state index in [9.17, 15) is 0 Å². The van der Waals surface area contributed by atoms with E-state index in [-0.39, 0.29) is 6.04 Å². The van der Waals surface area contributed by atoms with Gasteiger partial charge in [0.25, 0.3) is 0 Å². The molecule has 1 atom stereocenters. The Labute approximate surface area is 122 Å². The van der Waals surface area contributed by atoms with Crippen LogP contribution >= 0.6 is 0 Å².